The molecule has 1 heterocycles. The van der Waals surface area contributed by atoms with Crippen LogP contribution in [0.3, 0.4) is 0 Å². The summed E-state index contributed by atoms with van der Waals surface area (Å²) >= 11 is 1.03. The van der Waals surface area contributed by atoms with Crippen molar-refractivity contribution in [1.29, 1.82) is 0 Å². The van der Waals surface area contributed by atoms with Crippen molar-refractivity contribution < 1.29 is 37.3 Å². The van der Waals surface area contributed by atoms with Crippen molar-refractivity contribution in [2.75, 3.05) is 25.5 Å². The molecule has 3 rings (SSSR count). The number of carbonyl (C=O) groups excluding carboxylic acids is 2. The second-order valence-electron chi connectivity index (χ2n) is 6.34. The number of hydrogen-bond acceptors (Lipinski definition) is 9. The molecule has 0 saturated carbocycles. The van der Waals surface area contributed by atoms with Crippen LogP contribution in [0.25, 0.3) is 0 Å². The molecule has 0 aliphatic carbocycles. The highest BCUT2D eigenvalue weighted by Crippen LogP contribution is 2.27. The zero-order valence-corrected chi connectivity index (χ0v) is 18.7. The maximum atomic E-state index is 12.5. The first-order valence-corrected chi connectivity index (χ1v) is 11.4. The highest BCUT2D eigenvalue weighted by molar-refractivity contribution is 7.94. The number of nitrogens with one attached hydrogen (secondary N) is 1. The van der Waals surface area contributed by atoms with Crippen LogP contribution in [0, 0.1) is 0 Å². The molecule has 3 aromatic rings. The molecule has 0 fully saturated rings. The first kappa shape index (κ1) is 23.1. The van der Waals surface area contributed by atoms with E-state index < -0.39 is 34.1 Å². The summed E-state index contributed by atoms with van der Waals surface area (Å²) in [4.78, 5) is 25.0. The summed E-state index contributed by atoms with van der Waals surface area (Å²) in [6, 6.07) is 11.2. The van der Waals surface area contributed by atoms with Gasteiger partial charge in [0.1, 0.15) is 27.0 Å². The number of methoxy groups -OCH3 is 2. The number of rotatable bonds is 9. The van der Waals surface area contributed by atoms with E-state index >= 15 is 0 Å². The van der Waals surface area contributed by atoms with Crippen LogP contribution in [0.1, 0.15) is 20.7 Å². The first-order chi connectivity index (χ1) is 15.2. The topological polar surface area (TPSA) is 128 Å². The molecule has 2 N–H and O–H groups in total. The van der Waals surface area contributed by atoms with Gasteiger partial charge in [-0.05, 0) is 47.8 Å². The molecule has 0 spiro atoms. The van der Waals surface area contributed by atoms with Gasteiger partial charge in [0.2, 0.25) is 5.78 Å². The Morgan fingerprint density at radius 3 is 2.47 bits per heavy atom. The highest BCUT2D eigenvalue weighted by atomic mass is 32.2. The molecule has 11 heteroatoms. The monoisotopic (exact) mass is 477 g/mol. The lowest BCUT2D eigenvalue weighted by molar-refractivity contribution is 0.0471. The van der Waals surface area contributed by atoms with Crippen molar-refractivity contribution in [3.8, 4) is 17.2 Å². The summed E-state index contributed by atoms with van der Waals surface area (Å²) in [7, 11) is -1.01. The van der Waals surface area contributed by atoms with Crippen LogP contribution in [0.15, 0.2) is 58.1 Å². The fourth-order valence-electron chi connectivity index (χ4n) is 2.70. The number of ether oxygens (including phenoxy) is 3. The third-order valence-corrected chi connectivity index (χ3v) is 7.05. The van der Waals surface area contributed by atoms with Crippen LogP contribution in [0.5, 0.6) is 17.2 Å². The van der Waals surface area contributed by atoms with Crippen LogP contribution in [-0.4, -0.2) is 46.1 Å². The van der Waals surface area contributed by atoms with Gasteiger partial charge >= 0.3 is 5.97 Å². The van der Waals surface area contributed by atoms with Gasteiger partial charge in [-0.25, -0.2) is 13.2 Å². The van der Waals surface area contributed by atoms with Crippen molar-refractivity contribution in [1.82, 2.24) is 0 Å². The fourth-order valence-corrected chi connectivity index (χ4v) is 4.75. The van der Waals surface area contributed by atoms with E-state index in [0.29, 0.717) is 5.75 Å². The summed E-state index contributed by atoms with van der Waals surface area (Å²) in [5.41, 5.74) is -0.105. The number of phenolic OH excluding ortho intramolecular Hbond substituents is 1. The van der Waals surface area contributed by atoms with Crippen LogP contribution in [0.2, 0.25) is 0 Å². The Morgan fingerprint density at radius 1 is 1.03 bits per heavy atom. The third kappa shape index (κ3) is 5.18. The van der Waals surface area contributed by atoms with Crippen molar-refractivity contribution in [2.45, 2.75) is 4.21 Å². The summed E-state index contributed by atoms with van der Waals surface area (Å²) in [6.07, 6.45) is 0. The predicted octanol–water partition coefficient (Wildman–Crippen LogP) is 3.31. The van der Waals surface area contributed by atoms with Gasteiger partial charge in [0.15, 0.2) is 6.61 Å². The molecule has 0 bridgehead atoms. The molecular formula is C21H19NO8S2. The Kier molecular flexibility index (Phi) is 7.01. The first-order valence-electron chi connectivity index (χ1n) is 9.07. The number of benzene rings is 2. The number of sulfonamides is 1. The Bertz CT molecular complexity index is 1240. The number of Topliss-reactive ketones (excluding diaryl/α,β-unsaturated/α-hetero) is 1. The number of esters is 1. The summed E-state index contributed by atoms with van der Waals surface area (Å²) in [5.74, 6) is -1.29. The second-order valence-corrected chi connectivity index (χ2v) is 9.19. The zero-order chi connectivity index (χ0) is 23.3. The lowest BCUT2D eigenvalue weighted by Crippen LogP contribution is -2.16. The van der Waals surface area contributed by atoms with E-state index in [0.717, 1.165) is 23.5 Å². The molecule has 9 nitrogen and oxygen atoms in total. The minimum Gasteiger partial charge on any atom is -0.507 e. The molecule has 0 atom stereocenters. The Labute approximate surface area is 188 Å². The Balaban J connectivity index is 1.74. The fraction of sp³-hybridized carbons (Fsp3) is 0.143. The van der Waals surface area contributed by atoms with E-state index in [1.165, 1.54) is 32.4 Å². The normalized spacial score (nSPS) is 10.9. The zero-order valence-electron chi connectivity index (χ0n) is 17.0. The number of anilines is 1. The van der Waals surface area contributed by atoms with E-state index in [1.54, 1.807) is 23.6 Å². The molecule has 32 heavy (non-hydrogen) atoms. The van der Waals surface area contributed by atoms with Crippen LogP contribution in [0.4, 0.5) is 5.69 Å². The van der Waals surface area contributed by atoms with E-state index in [1.807, 2.05) is 0 Å². The maximum absolute atomic E-state index is 12.5. The molecule has 0 aliphatic heterocycles. The summed E-state index contributed by atoms with van der Waals surface area (Å²) in [5, 5.41) is 11.6. The summed E-state index contributed by atoms with van der Waals surface area (Å²) < 4.78 is 42.4. The quantitative estimate of drug-likeness (QED) is 0.273. The molecule has 0 amide bonds. The average Bonchev–Trinajstić information content (AvgIpc) is 3.34. The Hall–Kier alpha value is -3.57. The number of phenols is 1. The van der Waals surface area contributed by atoms with Crippen molar-refractivity contribution in [2.24, 2.45) is 0 Å². The molecule has 0 aliphatic rings. The smallest absolute Gasteiger partial charge is 0.342 e. The minimum atomic E-state index is -3.85. The number of aromatic hydroxyl groups is 1. The summed E-state index contributed by atoms with van der Waals surface area (Å²) in [6.45, 7) is -0.632. The van der Waals surface area contributed by atoms with Crippen molar-refractivity contribution >= 4 is 38.8 Å². The van der Waals surface area contributed by atoms with Gasteiger partial charge in [-0.15, -0.1) is 11.3 Å². The maximum Gasteiger partial charge on any atom is 0.342 e. The predicted molar refractivity (Wildman–Crippen MR) is 117 cm³/mol. The molecule has 0 radical (unpaired) electrons. The van der Waals surface area contributed by atoms with Gasteiger partial charge in [0, 0.05) is 5.69 Å². The molecular weight excluding hydrogens is 458 g/mol. The van der Waals surface area contributed by atoms with Gasteiger partial charge in [-0.1, -0.05) is 6.07 Å². The number of hydrogen-bond donors (Lipinski definition) is 2. The number of carbonyl (C=O) groups is 2. The third-order valence-electron chi connectivity index (χ3n) is 4.27. The van der Waals surface area contributed by atoms with E-state index in [-0.39, 0.29) is 26.8 Å². The van der Waals surface area contributed by atoms with E-state index in [9.17, 15) is 23.1 Å². The lowest BCUT2D eigenvalue weighted by Gasteiger charge is -2.11. The van der Waals surface area contributed by atoms with Gasteiger partial charge in [-0.2, -0.15) is 0 Å². The largest absolute Gasteiger partial charge is 0.507 e. The highest BCUT2D eigenvalue weighted by Gasteiger charge is 2.21. The average molecular weight is 478 g/mol. The Morgan fingerprint density at radius 2 is 1.81 bits per heavy atom. The molecule has 0 unspecified atom stereocenters. The molecule has 1 aromatic heterocycles. The van der Waals surface area contributed by atoms with Crippen molar-refractivity contribution in [3.05, 3.63) is 65.0 Å². The van der Waals surface area contributed by atoms with Crippen LogP contribution >= 0.6 is 11.3 Å². The van der Waals surface area contributed by atoms with Gasteiger partial charge < -0.3 is 19.3 Å². The van der Waals surface area contributed by atoms with E-state index in [2.05, 4.69) is 4.72 Å². The number of thiophene rings is 1. The van der Waals surface area contributed by atoms with E-state index in [4.69, 9.17) is 14.2 Å². The molecule has 2 aromatic carbocycles. The van der Waals surface area contributed by atoms with Gasteiger partial charge in [0.05, 0.1) is 19.8 Å². The van der Waals surface area contributed by atoms with Gasteiger partial charge in [0.25, 0.3) is 10.0 Å². The lowest BCUT2D eigenvalue weighted by atomic mass is 10.1. The molecule has 0 saturated heterocycles. The van der Waals surface area contributed by atoms with Crippen molar-refractivity contribution in [3.63, 3.8) is 0 Å². The standard InChI is InChI=1S/C21H19NO8S2/c1-28-14-6-8-19(29-2)15(11-14)18(24)12-30-21(25)16-10-13(5-7-17(16)23)22-32(26,27)20-4-3-9-31-20/h3-11,22-23H,12H2,1-2H3. The number of ketones is 1. The van der Waals surface area contributed by atoms with Crippen LogP contribution in [-0.2, 0) is 14.8 Å². The van der Waals surface area contributed by atoms with Gasteiger partial charge in [-0.3, -0.25) is 9.52 Å². The SMILES string of the molecule is COc1ccc(OC)c(C(=O)COC(=O)c2cc(NS(=O)(=O)c3cccs3)ccc2O)c1. The second kappa shape index (κ2) is 9.71. The van der Waals surface area contributed by atoms with Crippen LogP contribution < -0.4 is 14.2 Å². The molecule has 168 valence electrons. The minimum absolute atomic E-state index is 0.0453.